The first-order valence-corrected chi connectivity index (χ1v) is 10.9. The molecule has 7 heteroatoms. The lowest BCUT2D eigenvalue weighted by Gasteiger charge is -2.21. The summed E-state index contributed by atoms with van der Waals surface area (Å²) in [5.74, 6) is 0.361. The summed E-state index contributed by atoms with van der Waals surface area (Å²) < 4.78 is 5.57. The predicted molar refractivity (Wildman–Crippen MR) is 125 cm³/mol. The van der Waals surface area contributed by atoms with Crippen molar-refractivity contribution in [3.05, 3.63) is 69.6 Å². The maximum absolute atomic E-state index is 12.4. The van der Waals surface area contributed by atoms with E-state index in [9.17, 15) is 9.59 Å². The van der Waals surface area contributed by atoms with Crippen molar-refractivity contribution in [2.75, 3.05) is 7.11 Å². The average molecular weight is 451 g/mol. The molecule has 0 N–H and O–H groups in total. The van der Waals surface area contributed by atoms with Crippen LogP contribution in [0.5, 0.6) is 0 Å². The van der Waals surface area contributed by atoms with Gasteiger partial charge in [0.2, 0.25) is 0 Å². The zero-order valence-electron chi connectivity index (χ0n) is 18.8. The molecule has 0 spiro atoms. The molecule has 2 aromatic rings. The number of halogens is 1. The fraction of sp³-hybridized carbons (Fsp3) is 0.435. The van der Waals surface area contributed by atoms with Crippen LogP contribution >= 0.6 is 23.4 Å². The van der Waals surface area contributed by atoms with Gasteiger partial charge in [0.25, 0.3) is 5.56 Å². The number of carbonyl (C=O) groups is 1. The quantitative estimate of drug-likeness (QED) is 0.345. The smallest absolute Gasteiger partial charge is 0.329 e. The molecule has 0 aliphatic rings. The number of hydrogen-bond donors (Lipinski definition) is 0. The maximum Gasteiger partial charge on any atom is 0.329 e. The molecular formula is C23H31ClN2O3S. The first-order valence-electron chi connectivity index (χ1n) is 9.52. The third-order valence-corrected chi connectivity index (χ3v) is 5.68. The van der Waals surface area contributed by atoms with E-state index in [0.717, 1.165) is 16.7 Å². The zero-order chi connectivity index (χ0) is 23.1. The van der Waals surface area contributed by atoms with Crippen LogP contribution in [-0.2, 0) is 26.2 Å². The normalized spacial score (nSPS) is 11.3. The number of aromatic nitrogens is 2. The van der Waals surface area contributed by atoms with Crippen molar-refractivity contribution in [1.82, 2.24) is 9.78 Å². The number of benzene rings is 1. The minimum Gasteiger partial charge on any atom is -0.466 e. The second-order valence-electron chi connectivity index (χ2n) is 8.67. The maximum atomic E-state index is 12.4. The van der Waals surface area contributed by atoms with Gasteiger partial charge in [0.1, 0.15) is 5.02 Å². The zero-order valence-corrected chi connectivity index (χ0v) is 20.4. The number of esters is 1. The highest BCUT2D eigenvalue weighted by Gasteiger charge is 2.19. The van der Waals surface area contributed by atoms with Gasteiger partial charge in [0, 0.05) is 11.8 Å². The van der Waals surface area contributed by atoms with E-state index in [-0.39, 0.29) is 21.5 Å². The number of nitrogens with zero attached hydrogens (tertiary/aromatic N) is 2. The molecule has 0 saturated heterocycles. The van der Waals surface area contributed by atoms with Crippen LogP contribution in [-0.4, -0.2) is 22.9 Å². The molecule has 164 valence electrons. The van der Waals surface area contributed by atoms with Crippen LogP contribution in [0.25, 0.3) is 0 Å². The average Bonchev–Trinajstić information content (AvgIpc) is 2.67. The lowest BCUT2D eigenvalue weighted by atomic mass is 9.87. The van der Waals surface area contributed by atoms with E-state index in [1.807, 2.05) is 20.8 Å². The molecule has 0 radical (unpaired) electrons. The molecule has 0 atom stereocenters. The lowest BCUT2D eigenvalue weighted by Crippen LogP contribution is -2.36. The molecular weight excluding hydrogens is 420 g/mol. The number of thioether (sulfide) groups is 1. The van der Waals surface area contributed by atoms with Gasteiger partial charge in [-0.3, -0.25) is 4.79 Å². The van der Waals surface area contributed by atoms with Crippen LogP contribution in [0.15, 0.2) is 52.8 Å². The fourth-order valence-electron chi connectivity index (χ4n) is 2.34. The number of carbonyl (C=O) groups excluding carboxylic acids is 1. The van der Waals surface area contributed by atoms with E-state index in [1.165, 1.54) is 34.7 Å². The summed E-state index contributed by atoms with van der Waals surface area (Å²) >= 11 is 7.80. The molecule has 0 unspecified atom stereocenters. The van der Waals surface area contributed by atoms with Crippen molar-refractivity contribution >= 4 is 29.3 Å². The Kier molecular flexibility index (Phi) is 9.37. The molecule has 1 heterocycles. The van der Waals surface area contributed by atoms with Crippen LogP contribution in [0.1, 0.15) is 52.7 Å². The highest BCUT2D eigenvalue weighted by atomic mass is 35.5. The summed E-state index contributed by atoms with van der Waals surface area (Å²) in [5, 5.41) is 4.51. The Balaban J connectivity index is 0.000000656. The Hall–Kier alpha value is -2.05. The van der Waals surface area contributed by atoms with Crippen LogP contribution in [0.3, 0.4) is 0 Å². The molecule has 0 saturated carbocycles. The van der Waals surface area contributed by atoms with Gasteiger partial charge in [-0.1, -0.05) is 63.2 Å². The lowest BCUT2D eigenvalue weighted by molar-refractivity contribution is -0.134. The number of rotatable bonds is 4. The molecule has 0 bridgehead atoms. The van der Waals surface area contributed by atoms with Gasteiger partial charge in [-0.25, -0.2) is 9.48 Å². The number of hydrogen-bond acceptors (Lipinski definition) is 5. The molecule has 0 aliphatic heterocycles. The van der Waals surface area contributed by atoms with Crippen molar-refractivity contribution in [1.29, 1.82) is 0 Å². The van der Waals surface area contributed by atoms with Crippen LogP contribution in [0.2, 0.25) is 5.02 Å². The Morgan fingerprint density at radius 2 is 1.77 bits per heavy atom. The molecule has 1 aromatic carbocycles. The first-order chi connectivity index (χ1) is 13.8. The van der Waals surface area contributed by atoms with Gasteiger partial charge in [-0.2, -0.15) is 5.10 Å². The van der Waals surface area contributed by atoms with E-state index in [2.05, 4.69) is 61.5 Å². The number of methoxy groups -OCH3 is 1. The van der Waals surface area contributed by atoms with Gasteiger partial charge in [-0.05, 0) is 37.3 Å². The standard InChI is InChI=1S/C19H25ClN2OS.C4H6O2/c1-18(2,3)14-9-7-13(8-10-14)12-24-15-11-21-22(19(4,5)6)17(23)16(15)20;1-3-4(5)6-2/h7-11H,12H2,1-6H3;3H,1H2,2H3. The Morgan fingerprint density at radius 1 is 1.20 bits per heavy atom. The topological polar surface area (TPSA) is 61.2 Å². The summed E-state index contributed by atoms with van der Waals surface area (Å²) in [5.41, 5.74) is 2.04. The van der Waals surface area contributed by atoms with Crippen molar-refractivity contribution in [3.63, 3.8) is 0 Å². The Labute approximate surface area is 188 Å². The summed E-state index contributed by atoms with van der Waals surface area (Å²) in [4.78, 5) is 22.9. The molecule has 0 fully saturated rings. The van der Waals surface area contributed by atoms with E-state index in [4.69, 9.17) is 11.6 Å². The second kappa shape index (κ2) is 10.8. The van der Waals surface area contributed by atoms with Gasteiger partial charge in [0.15, 0.2) is 0 Å². The van der Waals surface area contributed by atoms with Crippen molar-refractivity contribution in [2.24, 2.45) is 0 Å². The Morgan fingerprint density at radius 3 is 2.17 bits per heavy atom. The van der Waals surface area contributed by atoms with Crippen LogP contribution in [0, 0.1) is 0 Å². The molecule has 1 aromatic heterocycles. The molecule has 2 rings (SSSR count). The summed E-state index contributed by atoms with van der Waals surface area (Å²) in [6.07, 6.45) is 2.79. The fourth-order valence-corrected chi connectivity index (χ4v) is 3.48. The highest BCUT2D eigenvalue weighted by Crippen LogP contribution is 2.29. The minimum atomic E-state index is -0.394. The first kappa shape index (κ1) is 26.0. The molecule has 0 amide bonds. The van der Waals surface area contributed by atoms with Gasteiger partial charge in [0.05, 0.1) is 23.7 Å². The SMILES string of the molecule is C=CC(=O)OC.CC(C)(C)c1ccc(CSc2cnn(C(C)(C)C)c(=O)c2Cl)cc1. The van der Waals surface area contributed by atoms with E-state index in [1.54, 1.807) is 6.20 Å². The monoisotopic (exact) mass is 450 g/mol. The Bertz CT molecular complexity index is 923. The van der Waals surface area contributed by atoms with Crippen LogP contribution in [0.4, 0.5) is 0 Å². The number of ether oxygens (including phenoxy) is 1. The summed E-state index contributed by atoms with van der Waals surface area (Å²) in [6, 6.07) is 8.58. The molecule has 30 heavy (non-hydrogen) atoms. The molecule has 5 nitrogen and oxygen atoms in total. The van der Waals surface area contributed by atoms with Gasteiger partial charge < -0.3 is 4.74 Å². The van der Waals surface area contributed by atoms with Crippen molar-refractivity contribution in [2.45, 2.75) is 63.1 Å². The minimum absolute atomic E-state index is 0.149. The van der Waals surface area contributed by atoms with E-state index in [0.29, 0.717) is 0 Å². The van der Waals surface area contributed by atoms with Crippen molar-refractivity contribution in [3.8, 4) is 0 Å². The third-order valence-electron chi connectivity index (χ3n) is 4.10. The summed E-state index contributed by atoms with van der Waals surface area (Å²) in [6.45, 7) is 15.6. The van der Waals surface area contributed by atoms with Gasteiger partial charge in [-0.15, -0.1) is 11.8 Å². The second-order valence-corrected chi connectivity index (χ2v) is 10.1. The van der Waals surface area contributed by atoms with Gasteiger partial charge >= 0.3 is 5.97 Å². The third kappa shape index (κ3) is 7.65. The summed E-state index contributed by atoms with van der Waals surface area (Å²) in [7, 11) is 1.31. The highest BCUT2D eigenvalue weighted by molar-refractivity contribution is 7.98. The van der Waals surface area contributed by atoms with E-state index >= 15 is 0 Å². The molecule has 0 aliphatic carbocycles. The van der Waals surface area contributed by atoms with Crippen molar-refractivity contribution < 1.29 is 9.53 Å². The van der Waals surface area contributed by atoms with E-state index < -0.39 is 5.97 Å². The van der Waals surface area contributed by atoms with Crippen LogP contribution < -0.4 is 5.56 Å². The largest absolute Gasteiger partial charge is 0.466 e. The predicted octanol–water partition coefficient (Wildman–Crippen LogP) is 5.59.